The van der Waals surface area contributed by atoms with Gasteiger partial charge in [0.1, 0.15) is 6.61 Å². The van der Waals surface area contributed by atoms with Crippen molar-refractivity contribution in [2.45, 2.75) is 6.92 Å². The first-order chi connectivity index (χ1) is 5.25. The van der Waals surface area contributed by atoms with Gasteiger partial charge >= 0.3 is 5.97 Å². The lowest BCUT2D eigenvalue weighted by molar-refractivity contribution is -0.138. The van der Waals surface area contributed by atoms with Crippen molar-refractivity contribution in [2.24, 2.45) is 0 Å². The van der Waals surface area contributed by atoms with Gasteiger partial charge in [0.15, 0.2) is 0 Å². The molecule has 11 heavy (non-hydrogen) atoms. The van der Waals surface area contributed by atoms with E-state index in [2.05, 4.69) is 4.74 Å². The first kappa shape index (κ1) is 7.78. The molecule has 1 N–H and O–H groups in total. The predicted octanol–water partition coefficient (Wildman–Crippen LogP) is 0.356. The predicted molar refractivity (Wildman–Crippen MR) is 40.2 cm³/mol. The van der Waals surface area contributed by atoms with Crippen molar-refractivity contribution in [3.05, 3.63) is 12.3 Å². The summed E-state index contributed by atoms with van der Waals surface area (Å²) in [4.78, 5) is 12.3. The quantitative estimate of drug-likeness (QED) is 0.555. The normalized spacial score (nSPS) is 19.2. The van der Waals surface area contributed by atoms with Crippen molar-refractivity contribution in [1.29, 1.82) is 5.41 Å². The third kappa shape index (κ3) is 1.58. The van der Waals surface area contributed by atoms with Gasteiger partial charge in [-0.05, 0) is 6.92 Å². The van der Waals surface area contributed by atoms with Gasteiger partial charge in [-0.3, -0.25) is 5.41 Å². The Balaban J connectivity index is 2.66. The zero-order valence-corrected chi connectivity index (χ0v) is 6.33. The third-order valence-corrected chi connectivity index (χ3v) is 1.37. The second-order valence-electron chi connectivity index (χ2n) is 2.16. The van der Waals surface area contributed by atoms with E-state index in [1.54, 1.807) is 17.2 Å². The Labute approximate surface area is 65.0 Å². The van der Waals surface area contributed by atoms with Crippen molar-refractivity contribution in [3.63, 3.8) is 0 Å². The zero-order valence-electron chi connectivity index (χ0n) is 6.33. The molecule has 0 bridgehead atoms. The van der Waals surface area contributed by atoms with Crippen LogP contribution in [0.5, 0.6) is 0 Å². The molecule has 0 aromatic carbocycles. The number of morpholine rings is 1. The van der Waals surface area contributed by atoms with Crippen LogP contribution in [0.4, 0.5) is 0 Å². The Hall–Kier alpha value is -1.32. The fraction of sp³-hybridized carbons (Fsp3) is 0.429. The maximum Gasteiger partial charge on any atom is 0.374 e. The molecule has 0 spiro atoms. The van der Waals surface area contributed by atoms with Crippen LogP contribution in [0.25, 0.3) is 0 Å². The summed E-state index contributed by atoms with van der Waals surface area (Å²) < 4.78 is 4.63. The first-order valence-electron chi connectivity index (χ1n) is 3.41. The van der Waals surface area contributed by atoms with E-state index in [-0.39, 0.29) is 5.84 Å². The molecule has 1 fully saturated rings. The minimum Gasteiger partial charge on any atom is -0.458 e. The number of ether oxygens (including phenoxy) is 1. The summed E-state index contributed by atoms with van der Waals surface area (Å²) in [5, 5.41) is 7.26. The number of nitrogens with zero attached hydrogens (tertiary/aromatic N) is 1. The summed E-state index contributed by atoms with van der Waals surface area (Å²) in [5.41, 5.74) is 0. The maximum absolute atomic E-state index is 10.8. The summed E-state index contributed by atoms with van der Waals surface area (Å²) in [6, 6.07) is 0. The highest BCUT2D eigenvalue weighted by Gasteiger charge is 2.21. The highest BCUT2D eigenvalue weighted by Crippen LogP contribution is 2.00. The molecule has 0 saturated carbocycles. The molecule has 1 heterocycles. The molecular weight excluding hydrogens is 144 g/mol. The van der Waals surface area contributed by atoms with E-state index in [1.165, 1.54) is 0 Å². The molecule has 0 amide bonds. The number of carbonyl (C=O) groups is 1. The smallest absolute Gasteiger partial charge is 0.374 e. The van der Waals surface area contributed by atoms with Gasteiger partial charge in [-0.2, -0.15) is 0 Å². The zero-order chi connectivity index (χ0) is 8.27. The molecule has 60 valence electrons. The van der Waals surface area contributed by atoms with Crippen molar-refractivity contribution >= 4 is 11.8 Å². The highest BCUT2D eigenvalue weighted by atomic mass is 16.5. The fourth-order valence-corrected chi connectivity index (χ4v) is 0.863. The van der Waals surface area contributed by atoms with Crippen LogP contribution >= 0.6 is 0 Å². The lowest BCUT2D eigenvalue weighted by atomic mass is 10.4. The molecule has 0 radical (unpaired) electrons. The van der Waals surface area contributed by atoms with E-state index in [9.17, 15) is 4.79 Å². The fourth-order valence-electron chi connectivity index (χ4n) is 0.863. The molecular formula is C7H10N2O2. The first-order valence-corrected chi connectivity index (χ1v) is 3.41. The van der Waals surface area contributed by atoms with Crippen LogP contribution in [-0.2, 0) is 9.53 Å². The second kappa shape index (κ2) is 3.18. The average molecular weight is 154 g/mol. The number of nitrogens with one attached hydrogen (secondary N) is 1. The van der Waals surface area contributed by atoms with E-state index in [0.29, 0.717) is 13.2 Å². The Kier molecular flexibility index (Phi) is 2.25. The number of rotatable bonds is 1. The molecule has 0 aromatic heterocycles. The number of amidine groups is 1. The lowest BCUT2D eigenvalue weighted by Gasteiger charge is -2.24. The largest absolute Gasteiger partial charge is 0.458 e. The average Bonchev–Trinajstić information content (AvgIpc) is 1.99. The molecule has 0 aliphatic carbocycles. The van der Waals surface area contributed by atoms with Gasteiger partial charge < -0.3 is 9.64 Å². The van der Waals surface area contributed by atoms with Crippen molar-refractivity contribution in [3.8, 4) is 0 Å². The van der Waals surface area contributed by atoms with E-state index >= 15 is 0 Å². The number of esters is 1. The summed E-state index contributed by atoms with van der Waals surface area (Å²) in [6.45, 7) is 2.79. The Morgan fingerprint density at radius 1 is 1.73 bits per heavy atom. The molecule has 1 aliphatic rings. The van der Waals surface area contributed by atoms with E-state index in [1.807, 2.05) is 6.92 Å². The van der Waals surface area contributed by atoms with Crippen LogP contribution in [-0.4, -0.2) is 29.9 Å². The molecule has 1 aliphatic heterocycles. The van der Waals surface area contributed by atoms with E-state index < -0.39 is 5.97 Å². The molecule has 0 unspecified atom stereocenters. The number of hydrogen-bond donors (Lipinski definition) is 1. The van der Waals surface area contributed by atoms with Crippen molar-refractivity contribution in [1.82, 2.24) is 4.90 Å². The van der Waals surface area contributed by atoms with Crippen molar-refractivity contribution < 1.29 is 9.53 Å². The van der Waals surface area contributed by atoms with Gasteiger partial charge in [0.05, 0.1) is 6.54 Å². The van der Waals surface area contributed by atoms with E-state index in [4.69, 9.17) is 5.41 Å². The summed E-state index contributed by atoms with van der Waals surface area (Å²) in [6.07, 6.45) is 3.48. The van der Waals surface area contributed by atoms with Crippen LogP contribution < -0.4 is 0 Å². The molecule has 0 aromatic rings. The molecule has 1 rings (SSSR count). The third-order valence-electron chi connectivity index (χ3n) is 1.37. The second-order valence-corrected chi connectivity index (χ2v) is 2.16. The van der Waals surface area contributed by atoms with E-state index in [0.717, 1.165) is 0 Å². The van der Waals surface area contributed by atoms with Crippen LogP contribution in [0.1, 0.15) is 6.92 Å². The Morgan fingerprint density at radius 3 is 3.09 bits per heavy atom. The van der Waals surface area contributed by atoms with Crippen LogP contribution in [0, 0.1) is 5.41 Å². The minimum atomic E-state index is -0.547. The molecule has 4 nitrogen and oxygen atoms in total. The Bertz CT molecular complexity index is 210. The maximum atomic E-state index is 10.8. The topological polar surface area (TPSA) is 53.4 Å². The minimum absolute atomic E-state index is 0.0886. The summed E-state index contributed by atoms with van der Waals surface area (Å²) in [7, 11) is 0. The van der Waals surface area contributed by atoms with Gasteiger partial charge in [0, 0.05) is 6.20 Å². The SMILES string of the molecule is C/C=C\N1CCOC(=O)C1=N. The highest BCUT2D eigenvalue weighted by molar-refractivity contribution is 6.34. The van der Waals surface area contributed by atoms with Crippen LogP contribution in [0.2, 0.25) is 0 Å². The molecule has 4 heteroatoms. The standard InChI is InChI=1S/C7H10N2O2/c1-2-3-9-4-5-11-7(10)6(9)8/h2-3,8H,4-5H2,1H3/b3-2-,8-6?. The van der Waals surface area contributed by atoms with Gasteiger partial charge in [-0.25, -0.2) is 4.79 Å². The number of hydrogen-bond acceptors (Lipinski definition) is 3. The van der Waals surface area contributed by atoms with Crippen LogP contribution in [0.3, 0.4) is 0 Å². The summed E-state index contributed by atoms with van der Waals surface area (Å²) >= 11 is 0. The van der Waals surface area contributed by atoms with Gasteiger partial charge in [-0.1, -0.05) is 6.08 Å². The molecule has 1 saturated heterocycles. The van der Waals surface area contributed by atoms with Gasteiger partial charge in [0.25, 0.3) is 0 Å². The van der Waals surface area contributed by atoms with Crippen LogP contribution in [0.15, 0.2) is 12.3 Å². The van der Waals surface area contributed by atoms with Gasteiger partial charge in [-0.15, -0.1) is 0 Å². The number of allylic oxidation sites excluding steroid dienone is 1. The Morgan fingerprint density at radius 2 is 2.45 bits per heavy atom. The van der Waals surface area contributed by atoms with Gasteiger partial charge in [0.2, 0.25) is 5.84 Å². The number of carbonyl (C=O) groups excluding carboxylic acids is 1. The van der Waals surface area contributed by atoms with Crippen molar-refractivity contribution in [2.75, 3.05) is 13.2 Å². The molecule has 0 atom stereocenters. The monoisotopic (exact) mass is 154 g/mol. The lowest BCUT2D eigenvalue weighted by Crippen LogP contribution is -2.41. The summed E-state index contributed by atoms with van der Waals surface area (Å²) in [5.74, 6) is -0.635. The number of cyclic esters (lactones) is 1.